The lowest BCUT2D eigenvalue weighted by Crippen LogP contribution is -2.26. The molecule has 1 aliphatic rings. The number of nitrogens with one attached hydrogen (secondary N) is 1. The molecule has 5 nitrogen and oxygen atoms in total. The van der Waals surface area contributed by atoms with Crippen LogP contribution in [0.5, 0.6) is 0 Å². The number of aromatic nitrogens is 2. The monoisotopic (exact) mass is 351 g/mol. The predicted octanol–water partition coefficient (Wildman–Crippen LogP) is 2.71. The van der Waals surface area contributed by atoms with Gasteiger partial charge in [-0.05, 0) is 36.2 Å². The van der Waals surface area contributed by atoms with Crippen LogP contribution >= 0.6 is 23.1 Å². The third-order valence-corrected chi connectivity index (χ3v) is 6.52. The molecule has 0 aliphatic heterocycles. The number of rotatable bonds is 3. The summed E-state index contributed by atoms with van der Waals surface area (Å²) in [5, 5.41) is 1.20. The Kier molecular flexibility index (Phi) is 4.27. The first-order valence-corrected chi connectivity index (χ1v) is 9.51. The summed E-state index contributed by atoms with van der Waals surface area (Å²) in [6.07, 6.45) is 3.07. The Morgan fingerprint density at radius 3 is 2.87 bits per heavy atom. The molecule has 0 bridgehead atoms. The van der Waals surface area contributed by atoms with E-state index in [4.69, 9.17) is 5.73 Å². The topological polar surface area (TPSA) is 88.8 Å². The van der Waals surface area contributed by atoms with E-state index < -0.39 is 5.91 Å². The van der Waals surface area contributed by atoms with Crippen LogP contribution in [-0.4, -0.2) is 21.6 Å². The molecule has 0 fully saturated rings. The minimum Gasteiger partial charge on any atom is -0.369 e. The first kappa shape index (κ1) is 16.5. The van der Waals surface area contributed by atoms with Gasteiger partial charge in [-0.15, -0.1) is 11.3 Å². The summed E-state index contributed by atoms with van der Waals surface area (Å²) in [5.74, 6) is 0.327. The van der Waals surface area contributed by atoms with Gasteiger partial charge in [0.2, 0.25) is 5.91 Å². The van der Waals surface area contributed by atoms with Crippen molar-refractivity contribution in [1.82, 2.24) is 9.97 Å². The quantitative estimate of drug-likeness (QED) is 0.657. The number of hydrogen-bond acceptors (Lipinski definition) is 5. The third-order valence-electron chi connectivity index (χ3n) is 4.47. The van der Waals surface area contributed by atoms with E-state index in [9.17, 15) is 9.59 Å². The van der Waals surface area contributed by atoms with Crippen molar-refractivity contribution in [1.29, 1.82) is 0 Å². The average molecular weight is 351 g/mol. The molecule has 0 saturated heterocycles. The normalized spacial score (nSPS) is 18.1. The molecule has 0 aromatic carbocycles. The summed E-state index contributed by atoms with van der Waals surface area (Å²) < 4.78 is 0. The largest absolute Gasteiger partial charge is 0.369 e. The maximum Gasteiger partial charge on any atom is 0.260 e. The van der Waals surface area contributed by atoms with E-state index in [0.717, 1.165) is 29.5 Å². The number of primary amides is 1. The molecule has 23 heavy (non-hydrogen) atoms. The van der Waals surface area contributed by atoms with E-state index >= 15 is 0 Å². The second-order valence-corrected chi connectivity index (χ2v) is 9.16. The highest BCUT2D eigenvalue weighted by Crippen LogP contribution is 2.42. The van der Waals surface area contributed by atoms with Gasteiger partial charge in [-0.3, -0.25) is 9.59 Å². The molecular formula is C16H21N3O2S2. The number of thiophene rings is 1. The molecule has 1 atom stereocenters. The number of amides is 1. The van der Waals surface area contributed by atoms with Crippen LogP contribution in [0.15, 0.2) is 9.95 Å². The number of fused-ring (bicyclic) bond motifs is 3. The first-order valence-electron chi connectivity index (χ1n) is 7.71. The Bertz CT molecular complexity index is 817. The number of carbonyl (C=O) groups is 1. The fourth-order valence-electron chi connectivity index (χ4n) is 3.11. The van der Waals surface area contributed by atoms with Crippen molar-refractivity contribution >= 4 is 39.2 Å². The first-order chi connectivity index (χ1) is 10.8. The van der Waals surface area contributed by atoms with E-state index in [1.807, 2.05) is 0 Å². The molecule has 0 saturated carbocycles. The SMILES string of the molecule is CC(C)(C)[C@H]1CCc2c(sc3nc(SCC(N)=O)[nH]c(=O)c23)C1. The van der Waals surface area contributed by atoms with Crippen molar-refractivity contribution < 1.29 is 4.79 Å². The molecule has 3 N–H and O–H groups in total. The van der Waals surface area contributed by atoms with Gasteiger partial charge < -0.3 is 10.7 Å². The molecule has 0 radical (unpaired) electrons. The molecule has 1 aliphatic carbocycles. The van der Waals surface area contributed by atoms with Crippen LogP contribution in [-0.2, 0) is 17.6 Å². The lowest BCUT2D eigenvalue weighted by molar-refractivity contribution is -0.115. The van der Waals surface area contributed by atoms with Crippen molar-refractivity contribution in [3.8, 4) is 0 Å². The number of nitrogens with two attached hydrogens (primary N) is 1. The standard InChI is InChI=1S/C16H21N3O2S2/c1-16(2,3)8-4-5-9-10(6-8)23-14-12(9)13(21)18-15(19-14)22-7-11(17)20/h8H,4-7H2,1-3H3,(H2,17,20)(H,18,19,21)/t8-/m0/s1. The molecule has 124 valence electrons. The molecule has 2 heterocycles. The molecular weight excluding hydrogens is 330 g/mol. The highest BCUT2D eigenvalue weighted by Gasteiger charge is 2.31. The number of thioether (sulfide) groups is 1. The van der Waals surface area contributed by atoms with Gasteiger partial charge in [0, 0.05) is 4.88 Å². The number of aryl methyl sites for hydroxylation is 1. The van der Waals surface area contributed by atoms with Gasteiger partial charge in [-0.25, -0.2) is 4.98 Å². The molecule has 7 heteroatoms. The smallest absolute Gasteiger partial charge is 0.260 e. The zero-order valence-electron chi connectivity index (χ0n) is 13.6. The zero-order valence-corrected chi connectivity index (χ0v) is 15.2. The van der Waals surface area contributed by atoms with Crippen LogP contribution in [0.4, 0.5) is 0 Å². The molecule has 1 amide bonds. The van der Waals surface area contributed by atoms with E-state index in [0.29, 0.717) is 11.1 Å². The van der Waals surface area contributed by atoms with Gasteiger partial charge in [0.15, 0.2) is 5.16 Å². The van der Waals surface area contributed by atoms with Gasteiger partial charge in [0.05, 0.1) is 11.1 Å². The maximum absolute atomic E-state index is 12.4. The lowest BCUT2D eigenvalue weighted by Gasteiger charge is -2.33. The van der Waals surface area contributed by atoms with Gasteiger partial charge in [-0.2, -0.15) is 0 Å². The van der Waals surface area contributed by atoms with Crippen LogP contribution in [0.1, 0.15) is 37.6 Å². The van der Waals surface area contributed by atoms with Crippen molar-refractivity contribution in [3.05, 3.63) is 20.8 Å². The van der Waals surface area contributed by atoms with E-state index in [-0.39, 0.29) is 16.7 Å². The summed E-state index contributed by atoms with van der Waals surface area (Å²) in [7, 11) is 0. The summed E-state index contributed by atoms with van der Waals surface area (Å²) >= 11 is 2.80. The Hall–Kier alpha value is -1.34. The van der Waals surface area contributed by atoms with Gasteiger partial charge in [-0.1, -0.05) is 32.5 Å². The van der Waals surface area contributed by atoms with Crippen LogP contribution in [0.2, 0.25) is 0 Å². The van der Waals surface area contributed by atoms with Crippen molar-refractivity contribution in [2.24, 2.45) is 17.1 Å². The lowest BCUT2D eigenvalue weighted by atomic mass is 9.72. The average Bonchev–Trinajstić information content (AvgIpc) is 2.81. The Morgan fingerprint density at radius 1 is 1.48 bits per heavy atom. The summed E-state index contributed by atoms with van der Waals surface area (Å²) in [6, 6.07) is 0. The van der Waals surface area contributed by atoms with Crippen LogP contribution in [0.25, 0.3) is 10.2 Å². The molecule has 3 rings (SSSR count). The Labute approximate surface area is 143 Å². The highest BCUT2D eigenvalue weighted by molar-refractivity contribution is 7.99. The zero-order chi connectivity index (χ0) is 16.8. The number of nitrogens with zero attached hydrogens (tertiary/aromatic N) is 1. The van der Waals surface area contributed by atoms with E-state index in [2.05, 4.69) is 30.7 Å². The number of aromatic amines is 1. The van der Waals surface area contributed by atoms with Gasteiger partial charge in [0.25, 0.3) is 5.56 Å². The van der Waals surface area contributed by atoms with Gasteiger partial charge >= 0.3 is 0 Å². The van der Waals surface area contributed by atoms with Crippen LogP contribution < -0.4 is 11.3 Å². The van der Waals surface area contributed by atoms with Crippen LogP contribution in [0, 0.1) is 11.3 Å². The molecule has 0 unspecified atom stereocenters. The van der Waals surface area contributed by atoms with E-state index in [1.165, 1.54) is 22.2 Å². The van der Waals surface area contributed by atoms with Crippen LogP contribution in [0.3, 0.4) is 0 Å². The number of H-pyrrole nitrogens is 1. The molecule has 0 spiro atoms. The Morgan fingerprint density at radius 2 is 2.22 bits per heavy atom. The highest BCUT2D eigenvalue weighted by atomic mass is 32.2. The molecule has 2 aromatic rings. The number of carbonyl (C=O) groups excluding carboxylic acids is 1. The third kappa shape index (κ3) is 3.30. The fourth-order valence-corrected chi connectivity index (χ4v) is 5.07. The summed E-state index contributed by atoms with van der Waals surface area (Å²) in [5.41, 5.74) is 6.49. The van der Waals surface area contributed by atoms with Gasteiger partial charge in [0.1, 0.15) is 4.83 Å². The Balaban J connectivity index is 1.98. The predicted molar refractivity (Wildman–Crippen MR) is 95.1 cm³/mol. The van der Waals surface area contributed by atoms with Crippen molar-refractivity contribution in [2.45, 2.75) is 45.2 Å². The summed E-state index contributed by atoms with van der Waals surface area (Å²) in [6.45, 7) is 6.83. The molecule has 2 aromatic heterocycles. The minimum absolute atomic E-state index is 0.103. The summed E-state index contributed by atoms with van der Waals surface area (Å²) in [4.78, 5) is 32.7. The van der Waals surface area contributed by atoms with Crippen molar-refractivity contribution in [3.63, 3.8) is 0 Å². The minimum atomic E-state index is -0.420. The van der Waals surface area contributed by atoms with Crippen molar-refractivity contribution in [2.75, 3.05) is 5.75 Å². The van der Waals surface area contributed by atoms with E-state index in [1.54, 1.807) is 11.3 Å². The fraction of sp³-hybridized carbons (Fsp3) is 0.562. The maximum atomic E-state index is 12.4. The second kappa shape index (κ2) is 5.94. The second-order valence-electron chi connectivity index (χ2n) is 7.12. The number of hydrogen-bond donors (Lipinski definition) is 2.